The van der Waals surface area contributed by atoms with E-state index in [0.717, 1.165) is 0 Å². The number of rotatable bonds is 1. The van der Waals surface area contributed by atoms with Crippen LogP contribution in [-0.4, -0.2) is 18.1 Å². The molecule has 2 nitrogen and oxygen atoms in total. The molecule has 84 valence electrons. The lowest BCUT2D eigenvalue weighted by atomic mass is 10.0. The zero-order valence-electron chi connectivity index (χ0n) is 9.74. The van der Waals surface area contributed by atoms with Gasteiger partial charge in [0.05, 0.1) is 5.70 Å². The van der Waals surface area contributed by atoms with Crippen LogP contribution in [0.15, 0.2) is 47.3 Å². The van der Waals surface area contributed by atoms with Crippen molar-refractivity contribution in [1.29, 1.82) is 0 Å². The van der Waals surface area contributed by atoms with Crippen LogP contribution >= 0.6 is 0 Å². The number of nitrogens with one attached hydrogen (secondary N) is 1. The van der Waals surface area contributed by atoms with Crippen molar-refractivity contribution in [2.45, 2.75) is 31.8 Å². The summed E-state index contributed by atoms with van der Waals surface area (Å²) in [5.41, 5.74) is 4.31. The molecular formula is C14H18N2. The smallest absolute Gasteiger partial charge is 0.121 e. The summed E-state index contributed by atoms with van der Waals surface area (Å²) in [5.74, 6) is 0. The Morgan fingerprint density at radius 1 is 1.25 bits per heavy atom. The van der Waals surface area contributed by atoms with E-state index in [0.29, 0.717) is 6.17 Å². The molecule has 0 saturated carbocycles. The van der Waals surface area contributed by atoms with Crippen molar-refractivity contribution in [3.05, 3.63) is 47.3 Å². The summed E-state index contributed by atoms with van der Waals surface area (Å²) in [5, 5.41) is 3.63. The molecule has 16 heavy (non-hydrogen) atoms. The van der Waals surface area contributed by atoms with Crippen LogP contribution in [0.1, 0.15) is 25.7 Å². The van der Waals surface area contributed by atoms with Gasteiger partial charge in [0.25, 0.3) is 0 Å². The van der Waals surface area contributed by atoms with Crippen molar-refractivity contribution in [3.8, 4) is 0 Å². The molecule has 1 N–H and O–H groups in total. The molecule has 3 rings (SSSR count). The molecule has 0 aromatic carbocycles. The zero-order valence-corrected chi connectivity index (χ0v) is 9.74. The van der Waals surface area contributed by atoms with Crippen molar-refractivity contribution in [2.75, 3.05) is 7.05 Å². The first-order valence-corrected chi connectivity index (χ1v) is 6.11. The molecule has 2 aliphatic carbocycles. The lowest BCUT2D eigenvalue weighted by Crippen LogP contribution is -2.36. The van der Waals surface area contributed by atoms with Crippen LogP contribution in [0.25, 0.3) is 0 Å². The standard InChI is InChI=1S/C14H18N2/c1-16-13-10-6-5-9-12(13)15-14(16)11-7-3-2-4-8-11/h2-3,5,7,9,14-15H,4,6,8,10H2,1H3. The highest BCUT2D eigenvalue weighted by atomic mass is 15.3. The highest BCUT2D eigenvalue weighted by Crippen LogP contribution is 2.31. The van der Waals surface area contributed by atoms with Crippen molar-refractivity contribution in [1.82, 2.24) is 10.2 Å². The fourth-order valence-electron chi connectivity index (χ4n) is 2.74. The Morgan fingerprint density at radius 3 is 2.88 bits per heavy atom. The highest BCUT2D eigenvalue weighted by Gasteiger charge is 2.30. The third-order valence-electron chi connectivity index (χ3n) is 3.65. The lowest BCUT2D eigenvalue weighted by molar-refractivity contribution is 0.334. The van der Waals surface area contributed by atoms with E-state index in [2.05, 4.69) is 47.6 Å². The fourth-order valence-corrected chi connectivity index (χ4v) is 2.74. The van der Waals surface area contributed by atoms with Crippen LogP contribution in [0.4, 0.5) is 0 Å². The monoisotopic (exact) mass is 214 g/mol. The van der Waals surface area contributed by atoms with Crippen molar-refractivity contribution in [2.24, 2.45) is 0 Å². The first kappa shape index (κ1) is 9.76. The number of allylic oxidation sites excluding steroid dienone is 6. The minimum atomic E-state index is 0.387. The maximum Gasteiger partial charge on any atom is 0.121 e. The largest absolute Gasteiger partial charge is 0.360 e. The normalized spacial score (nSPS) is 27.9. The molecule has 0 amide bonds. The summed E-state index contributed by atoms with van der Waals surface area (Å²) >= 11 is 0. The van der Waals surface area contributed by atoms with E-state index in [9.17, 15) is 0 Å². The number of nitrogens with zero attached hydrogens (tertiary/aromatic N) is 1. The van der Waals surface area contributed by atoms with Gasteiger partial charge in [-0.3, -0.25) is 0 Å². The van der Waals surface area contributed by atoms with Crippen LogP contribution in [0.2, 0.25) is 0 Å². The Kier molecular flexibility index (Phi) is 2.35. The van der Waals surface area contributed by atoms with Crippen molar-refractivity contribution >= 4 is 0 Å². The van der Waals surface area contributed by atoms with Crippen molar-refractivity contribution in [3.63, 3.8) is 0 Å². The van der Waals surface area contributed by atoms with Crippen LogP contribution in [0, 0.1) is 0 Å². The third kappa shape index (κ3) is 1.49. The molecule has 0 radical (unpaired) electrons. The average molecular weight is 214 g/mol. The van der Waals surface area contributed by atoms with E-state index in [-0.39, 0.29) is 0 Å². The SMILES string of the molecule is CN1C2=C(C=CCC2)NC1C1=CC=CCC1. The van der Waals surface area contributed by atoms with Gasteiger partial charge in [0, 0.05) is 12.7 Å². The minimum Gasteiger partial charge on any atom is -0.360 e. The summed E-state index contributed by atoms with van der Waals surface area (Å²) in [6, 6.07) is 0. The highest BCUT2D eigenvalue weighted by molar-refractivity contribution is 5.36. The van der Waals surface area contributed by atoms with Gasteiger partial charge in [0.1, 0.15) is 6.17 Å². The Balaban J connectivity index is 1.84. The molecule has 1 atom stereocenters. The second-order valence-corrected chi connectivity index (χ2v) is 4.67. The molecular weight excluding hydrogens is 196 g/mol. The molecule has 0 fully saturated rings. The molecule has 1 unspecified atom stereocenters. The molecule has 0 bridgehead atoms. The van der Waals surface area contributed by atoms with Gasteiger partial charge >= 0.3 is 0 Å². The summed E-state index contributed by atoms with van der Waals surface area (Å²) < 4.78 is 0. The molecule has 0 aromatic heterocycles. The maximum atomic E-state index is 3.63. The van der Waals surface area contributed by atoms with Crippen LogP contribution in [0.5, 0.6) is 0 Å². The molecule has 0 aromatic rings. The Hall–Kier alpha value is -1.44. The average Bonchev–Trinajstić information content (AvgIpc) is 2.69. The van der Waals surface area contributed by atoms with Gasteiger partial charge in [-0.25, -0.2) is 0 Å². The third-order valence-corrected chi connectivity index (χ3v) is 3.65. The minimum absolute atomic E-state index is 0.387. The summed E-state index contributed by atoms with van der Waals surface area (Å²) in [4.78, 5) is 2.41. The molecule has 1 aliphatic heterocycles. The first-order valence-electron chi connectivity index (χ1n) is 6.11. The van der Waals surface area contributed by atoms with Crippen LogP contribution in [0.3, 0.4) is 0 Å². The van der Waals surface area contributed by atoms with E-state index in [1.54, 1.807) is 0 Å². The summed E-state index contributed by atoms with van der Waals surface area (Å²) in [6.45, 7) is 0. The molecule has 0 saturated heterocycles. The second kappa shape index (κ2) is 3.85. The number of hydrogen-bond donors (Lipinski definition) is 1. The molecule has 1 heterocycles. The van der Waals surface area contributed by atoms with Crippen molar-refractivity contribution < 1.29 is 0 Å². The van der Waals surface area contributed by atoms with E-state index in [1.165, 1.54) is 42.7 Å². The fraction of sp³-hybridized carbons (Fsp3) is 0.429. The molecule has 0 spiro atoms. The topological polar surface area (TPSA) is 15.3 Å². The van der Waals surface area contributed by atoms with Gasteiger partial charge in [-0.05, 0) is 37.3 Å². The van der Waals surface area contributed by atoms with Gasteiger partial charge < -0.3 is 10.2 Å². The van der Waals surface area contributed by atoms with E-state index in [1.807, 2.05) is 0 Å². The second-order valence-electron chi connectivity index (χ2n) is 4.67. The van der Waals surface area contributed by atoms with Gasteiger partial charge in [-0.1, -0.05) is 24.3 Å². The van der Waals surface area contributed by atoms with Gasteiger partial charge in [0.15, 0.2) is 0 Å². The predicted octanol–water partition coefficient (Wildman–Crippen LogP) is 2.69. The summed E-state index contributed by atoms with van der Waals surface area (Å²) in [6.07, 6.45) is 16.3. The van der Waals surface area contributed by atoms with E-state index in [4.69, 9.17) is 0 Å². The summed E-state index contributed by atoms with van der Waals surface area (Å²) in [7, 11) is 2.21. The number of likely N-dealkylation sites (N-methyl/N-ethyl adjacent to an activating group) is 1. The van der Waals surface area contributed by atoms with Crippen LogP contribution in [-0.2, 0) is 0 Å². The molecule has 3 aliphatic rings. The molecule has 2 heteroatoms. The lowest BCUT2D eigenvalue weighted by Gasteiger charge is -2.27. The number of hydrogen-bond acceptors (Lipinski definition) is 2. The van der Waals surface area contributed by atoms with Gasteiger partial charge in [-0.2, -0.15) is 0 Å². The van der Waals surface area contributed by atoms with Gasteiger partial charge in [-0.15, -0.1) is 0 Å². The van der Waals surface area contributed by atoms with E-state index >= 15 is 0 Å². The van der Waals surface area contributed by atoms with Gasteiger partial charge in [0.2, 0.25) is 0 Å². The quantitative estimate of drug-likeness (QED) is 0.722. The first-order chi connectivity index (χ1) is 7.86. The van der Waals surface area contributed by atoms with Crippen LogP contribution < -0.4 is 5.32 Å². The zero-order chi connectivity index (χ0) is 11.0. The Morgan fingerprint density at radius 2 is 2.12 bits per heavy atom. The predicted molar refractivity (Wildman–Crippen MR) is 66.5 cm³/mol. The Bertz CT molecular complexity index is 412. The maximum absolute atomic E-state index is 3.63. The Labute approximate surface area is 97.0 Å². The van der Waals surface area contributed by atoms with E-state index < -0.39 is 0 Å².